The molecule has 0 aliphatic carbocycles. The summed E-state index contributed by atoms with van der Waals surface area (Å²) in [7, 11) is 0. The van der Waals surface area contributed by atoms with Gasteiger partial charge in [-0.15, -0.1) is 0 Å². The van der Waals surface area contributed by atoms with Crippen LogP contribution >= 0.6 is 0 Å². The molecule has 1 heterocycles. The summed E-state index contributed by atoms with van der Waals surface area (Å²) in [6.45, 7) is 0. The second-order valence-electron chi connectivity index (χ2n) is 3.08. The van der Waals surface area contributed by atoms with E-state index in [0.717, 1.165) is 0 Å². The number of ether oxygens (including phenoxy) is 1. The minimum Gasteiger partial charge on any atom is -0.367 e. The lowest BCUT2D eigenvalue weighted by Crippen LogP contribution is -2.69. The molecule has 9 N–H and O–H groups in total. The molecule has 1 fully saturated rings. The predicted octanol–water partition coefficient (Wildman–Crippen LogP) is -3.83. The number of aliphatic hydroxyl groups is 1. The summed E-state index contributed by atoms with van der Waals surface area (Å²) in [5.41, 5.74) is 21.5. The Labute approximate surface area is 75.0 Å². The Balaban J connectivity index is 2.76. The predicted molar refractivity (Wildman–Crippen MR) is 44.0 cm³/mol. The largest absolute Gasteiger partial charge is 0.367 e. The quantitative estimate of drug-likeness (QED) is 0.286. The van der Waals surface area contributed by atoms with E-state index < -0.39 is 36.4 Å². The van der Waals surface area contributed by atoms with Crippen molar-refractivity contribution >= 4 is 5.91 Å². The summed E-state index contributed by atoms with van der Waals surface area (Å²) in [6, 6.07) is -2.29. The molecule has 1 saturated heterocycles. The highest BCUT2D eigenvalue weighted by Gasteiger charge is 2.42. The van der Waals surface area contributed by atoms with Crippen molar-refractivity contribution in [2.24, 2.45) is 22.9 Å². The monoisotopic (exact) mass is 190 g/mol. The van der Waals surface area contributed by atoms with Gasteiger partial charge in [-0.1, -0.05) is 0 Å². The van der Waals surface area contributed by atoms with Gasteiger partial charge >= 0.3 is 0 Å². The number of amides is 1. The minimum atomic E-state index is -1.30. The number of aliphatic hydroxyl groups excluding tert-OH is 1. The highest BCUT2D eigenvalue weighted by atomic mass is 16.6. The average molecular weight is 190 g/mol. The van der Waals surface area contributed by atoms with E-state index in [1.807, 2.05) is 0 Å². The third-order valence-electron chi connectivity index (χ3n) is 2.13. The van der Waals surface area contributed by atoms with Gasteiger partial charge in [-0.05, 0) is 0 Å². The van der Waals surface area contributed by atoms with Crippen LogP contribution in [0.4, 0.5) is 0 Å². The zero-order valence-electron chi connectivity index (χ0n) is 6.96. The fourth-order valence-corrected chi connectivity index (χ4v) is 1.24. The maximum atomic E-state index is 10.8. The van der Waals surface area contributed by atoms with Gasteiger partial charge in [-0.3, -0.25) is 4.79 Å². The first-order valence-corrected chi connectivity index (χ1v) is 3.84. The van der Waals surface area contributed by atoms with Crippen LogP contribution in [0.25, 0.3) is 0 Å². The van der Waals surface area contributed by atoms with E-state index in [2.05, 4.69) is 0 Å². The van der Waals surface area contributed by atoms with Gasteiger partial charge < -0.3 is 32.8 Å². The Morgan fingerprint density at radius 1 is 1.15 bits per heavy atom. The topological polar surface area (TPSA) is 151 Å². The molecule has 0 spiro atoms. The first kappa shape index (κ1) is 10.4. The number of carbonyl (C=O) groups is 1. The molecule has 0 aromatic carbocycles. The van der Waals surface area contributed by atoms with Crippen LogP contribution in [-0.2, 0) is 9.53 Å². The van der Waals surface area contributed by atoms with E-state index in [1.165, 1.54) is 0 Å². The standard InChI is InChI=1S/C6H14N4O3/c7-1-2(8)4(5(10)11)13-6(12)3(1)9/h1-4,6,12H,7-9H2,(H2,10,11)/t1-,2+,3+,4-,6-/m0/s1. The van der Waals surface area contributed by atoms with E-state index in [4.69, 9.17) is 27.7 Å². The summed E-state index contributed by atoms with van der Waals surface area (Å²) in [6.07, 6.45) is -2.38. The van der Waals surface area contributed by atoms with Gasteiger partial charge in [0.15, 0.2) is 12.4 Å². The van der Waals surface area contributed by atoms with Crippen molar-refractivity contribution in [1.82, 2.24) is 0 Å². The molecular formula is C6H14N4O3. The Morgan fingerprint density at radius 3 is 2.15 bits per heavy atom. The third kappa shape index (κ3) is 1.79. The Bertz CT molecular complexity index is 212. The zero-order chi connectivity index (χ0) is 10.2. The fraction of sp³-hybridized carbons (Fsp3) is 0.833. The molecular weight excluding hydrogens is 176 g/mol. The van der Waals surface area contributed by atoms with Gasteiger partial charge in [-0.25, -0.2) is 0 Å². The molecule has 76 valence electrons. The summed E-state index contributed by atoms with van der Waals surface area (Å²) >= 11 is 0. The minimum absolute atomic E-state index is 0.707. The fourth-order valence-electron chi connectivity index (χ4n) is 1.24. The first-order chi connectivity index (χ1) is 5.95. The summed E-state index contributed by atoms with van der Waals surface area (Å²) in [5.74, 6) is -0.756. The highest BCUT2D eigenvalue weighted by molar-refractivity contribution is 5.80. The van der Waals surface area contributed by atoms with Crippen LogP contribution in [-0.4, -0.2) is 41.5 Å². The van der Waals surface area contributed by atoms with E-state index in [1.54, 1.807) is 0 Å². The number of rotatable bonds is 1. The van der Waals surface area contributed by atoms with Crippen LogP contribution in [0.5, 0.6) is 0 Å². The average Bonchev–Trinajstić information content (AvgIpc) is 2.07. The summed E-state index contributed by atoms with van der Waals surface area (Å²) in [5, 5.41) is 9.19. The Morgan fingerprint density at radius 2 is 1.69 bits per heavy atom. The lowest BCUT2D eigenvalue weighted by atomic mass is 9.93. The molecule has 7 nitrogen and oxygen atoms in total. The van der Waals surface area contributed by atoms with E-state index in [0.29, 0.717) is 0 Å². The number of carbonyl (C=O) groups excluding carboxylic acids is 1. The molecule has 0 aromatic heterocycles. The lowest BCUT2D eigenvalue weighted by molar-refractivity contribution is -0.188. The molecule has 1 aliphatic rings. The molecule has 7 heteroatoms. The van der Waals surface area contributed by atoms with Gasteiger partial charge in [0, 0.05) is 6.04 Å². The summed E-state index contributed by atoms with van der Waals surface area (Å²) < 4.78 is 4.79. The normalized spacial score (nSPS) is 46.0. The molecule has 0 bridgehead atoms. The van der Waals surface area contributed by atoms with E-state index in [9.17, 15) is 9.90 Å². The molecule has 13 heavy (non-hydrogen) atoms. The summed E-state index contributed by atoms with van der Waals surface area (Å²) in [4.78, 5) is 10.8. The van der Waals surface area contributed by atoms with Crippen LogP contribution in [0, 0.1) is 0 Å². The smallest absolute Gasteiger partial charge is 0.248 e. The van der Waals surface area contributed by atoms with Crippen LogP contribution in [0.15, 0.2) is 0 Å². The number of primary amides is 1. The van der Waals surface area contributed by atoms with Crippen LogP contribution in [0.3, 0.4) is 0 Å². The Hall–Kier alpha value is -0.730. The van der Waals surface area contributed by atoms with Gasteiger partial charge in [0.2, 0.25) is 5.91 Å². The molecule has 5 atom stereocenters. The molecule has 0 saturated carbocycles. The van der Waals surface area contributed by atoms with Crippen molar-refractivity contribution in [2.45, 2.75) is 30.5 Å². The molecule has 1 amide bonds. The van der Waals surface area contributed by atoms with Crippen molar-refractivity contribution in [3.05, 3.63) is 0 Å². The van der Waals surface area contributed by atoms with E-state index >= 15 is 0 Å². The van der Waals surface area contributed by atoms with Crippen LogP contribution in [0.2, 0.25) is 0 Å². The molecule has 0 aromatic rings. The third-order valence-corrected chi connectivity index (χ3v) is 2.13. The second-order valence-corrected chi connectivity index (χ2v) is 3.08. The number of hydrogen-bond acceptors (Lipinski definition) is 6. The molecule has 1 rings (SSSR count). The number of hydrogen-bond donors (Lipinski definition) is 5. The van der Waals surface area contributed by atoms with Gasteiger partial charge in [0.1, 0.15) is 0 Å². The number of nitrogens with two attached hydrogens (primary N) is 4. The maximum absolute atomic E-state index is 10.8. The molecule has 1 aliphatic heterocycles. The van der Waals surface area contributed by atoms with Gasteiger partial charge in [0.25, 0.3) is 0 Å². The second kappa shape index (κ2) is 3.56. The van der Waals surface area contributed by atoms with Crippen molar-refractivity contribution in [3.8, 4) is 0 Å². The highest BCUT2D eigenvalue weighted by Crippen LogP contribution is 2.14. The van der Waals surface area contributed by atoms with Crippen LogP contribution in [0.1, 0.15) is 0 Å². The maximum Gasteiger partial charge on any atom is 0.248 e. The van der Waals surface area contributed by atoms with Gasteiger partial charge in [-0.2, -0.15) is 0 Å². The lowest BCUT2D eigenvalue weighted by Gasteiger charge is -2.39. The van der Waals surface area contributed by atoms with Crippen molar-refractivity contribution in [2.75, 3.05) is 0 Å². The molecule has 0 unspecified atom stereocenters. The van der Waals surface area contributed by atoms with Crippen molar-refractivity contribution in [3.63, 3.8) is 0 Å². The van der Waals surface area contributed by atoms with Crippen molar-refractivity contribution < 1.29 is 14.6 Å². The van der Waals surface area contributed by atoms with E-state index in [-0.39, 0.29) is 0 Å². The Kier molecular flexibility index (Phi) is 2.84. The molecule has 0 radical (unpaired) electrons. The zero-order valence-corrected chi connectivity index (χ0v) is 6.96. The SMILES string of the molecule is NC(=O)[C@H]1O[C@H](O)[C@H](N)[C@@H](N)[C@H]1N. The van der Waals surface area contributed by atoms with Crippen molar-refractivity contribution in [1.29, 1.82) is 0 Å². The first-order valence-electron chi connectivity index (χ1n) is 3.84. The van der Waals surface area contributed by atoms with Crippen LogP contribution < -0.4 is 22.9 Å². The van der Waals surface area contributed by atoms with Gasteiger partial charge in [0.05, 0.1) is 12.1 Å².